The lowest BCUT2D eigenvalue weighted by molar-refractivity contribution is -0.896. The molecule has 1 fully saturated rings. The maximum atomic E-state index is 13.6. The molecule has 1 amide bonds. The minimum atomic E-state index is -0.857. The normalized spacial score (nSPS) is 17.1. The minimum Gasteiger partial charge on any atom is -0.872 e. The molecule has 3 rings (SSSR count). The molecule has 1 aliphatic heterocycles. The number of benzene rings is 2. The molecule has 0 aromatic heterocycles. The van der Waals surface area contributed by atoms with Crippen molar-refractivity contribution < 1.29 is 33.8 Å². The highest BCUT2D eigenvalue weighted by atomic mass is 35.5. The highest BCUT2D eigenvalue weighted by Gasteiger charge is 2.44. The molecule has 1 heterocycles. The zero-order valence-electron chi connectivity index (χ0n) is 21.4. The maximum Gasteiger partial charge on any atom is 0.295 e. The molecule has 0 saturated carbocycles. The van der Waals surface area contributed by atoms with E-state index in [0.717, 1.165) is 19.6 Å². The van der Waals surface area contributed by atoms with Gasteiger partial charge in [0.2, 0.25) is 5.78 Å². The van der Waals surface area contributed by atoms with Crippen LogP contribution in [0.5, 0.6) is 17.2 Å². The molecular weight excluding hydrogens is 484 g/mol. The van der Waals surface area contributed by atoms with Crippen LogP contribution in [0.15, 0.2) is 42.0 Å². The third-order valence-corrected chi connectivity index (χ3v) is 6.89. The molecule has 1 unspecified atom stereocenters. The first-order valence-corrected chi connectivity index (χ1v) is 12.3. The van der Waals surface area contributed by atoms with E-state index in [9.17, 15) is 14.7 Å². The fraction of sp³-hybridized carbons (Fsp3) is 0.407. The lowest BCUT2D eigenvalue weighted by Crippen LogP contribution is -3.11. The van der Waals surface area contributed by atoms with E-state index in [1.54, 1.807) is 24.3 Å². The second-order valence-corrected chi connectivity index (χ2v) is 8.90. The van der Waals surface area contributed by atoms with Crippen molar-refractivity contribution >= 4 is 29.1 Å². The van der Waals surface area contributed by atoms with Crippen molar-refractivity contribution in [1.29, 1.82) is 0 Å². The number of halogens is 1. The summed E-state index contributed by atoms with van der Waals surface area (Å²) in [5.41, 5.74) is 0.686. The van der Waals surface area contributed by atoms with Gasteiger partial charge in [0, 0.05) is 18.5 Å². The highest BCUT2D eigenvalue weighted by molar-refractivity contribution is 6.46. The SMILES string of the molecule is CC[NH+](CC)CCCN1C(=O)C(=O)C(=C([O-])c2ccc(OC)c(Cl)c2)C1c1ccc(OC)c(OC)c1. The van der Waals surface area contributed by atoms with Crippen LogP contribution in [-0.2, 0) is 9.59 Å². The first-order valence-electron chi connectivity index (χ1n) is 12.0. The average Bonchev–Trinajstić information content (AvgIpc) is 3.15. The Morgan fingerprint density at radius 1 is 0.972 bits per heavy atom. The monoisotopic (exact) mass is 516 g/mol. The Hall–Kier alpha value is -3.23. The third kappa shape index (κ3) is 5.44. The molecule has 1 aliphatic rings. The van der Waals surface area contributed by atoms with Crippen molar-refractivity contribution in [1.82, 2.24) is 4.90 Å². The summed E-state index contributed by atoms with van der Waals surface area (Å²) in [4.78, 5) is 29.3. The largest absolute Gasteiger partial charge is 0.872 e. The molecular formula is C27H33ClN2O6. The summed E-state index contributed by atoms with van der Waals surface area (Å²) in [6.07, 6.45) is 0.690. The number of methoxy groups -OCH3 is 3. The summed E-state index contributed by atoms with van der Waals surface area (Å²) < 4.78 is 16.0. The molecule has 0 bridgehead atoms. The van der Waals surface area contributed by atoms with Crippen molar-refractivity contribution in [2.75, 3.05) is 47.5 Å². The summed E-state index contributed by atoms with van der Waals surface area (Å²) in [5, 5.41) is 13.9. The predicted octanol–water partition coefficient (Wildman–Crippen LogP) is 1.90. The number of hydrogen-bond acceptors (Lipinski definition) is 6. The predicted molar refractivity (Wildman–Crippen MR) is 135 cm³/mol. The number of hydrogen-bond donors (Lipinski definition) is 1. The summed E-state index contributed by atoms with van der Waals surface area (Å²) >= 11 is 6.24. The van der Waals surface area contributed by atoms with Crippen molar-refractivity contribution in [2.24, 2.45) is 0 Å². The van der Waals surface area contributed by atoms with Crippen LogP contribution in [-0.4, -0.2) is 64.1 Å². The molecule has 2 aromatic carbocycles. The Morgan fingerprint density at radius 3 is 2.19 bits per heavy atom. The van der Waals surface area contributed by atoms with Crippen LogP contribution in [0.1, 0.15) is 37.4 Å². The van der Waals surface area contributed by atoms with Crippen LogP contribution in [0, 0.1) is 0 Å². The molecule has 9 heteroatoms. The number of carbonyl (C=O) groups excluding carboxylic acids is 2. The molecule has 1 atom stereocenters. The number of quaternary nitrogens is 1. The van der Waals surface area contributed by atoms with E-state index >= 15 is 0 Å². The van der Waals surface area contributed by atoms with Crippen LogP contribution in [0.2, 0.25) is 5.02 Å². The number of Topliss-reactive ketones (excluding diaryl/α,β-unsaturated/α-hetero) is 1. The number of nitrogens with one attached hydrogen (secondary N) is 1. The van der Waals surface area contributed by atoms with Gasteiger partial charge < -0.3 is 29.1 Å². The van der Waals surface area contributed by atoms with Crippen molar-refractivity contribution in [2.45, 2.75) is 26.3 Å². The second kappa shape index (κ2) is 12.1. The Morgan fingerprint density at radius 2 is 1.61 bits per heavy atom. The number of rotatable bonds is 11. The standard InChI is InChI=1S/C27H33ClN2O6/c1-6-29(7-2)13-8-14-30-24(17-9-12-21(35-4)22(16-17)36-5)23(26(32)27(30)33)25(31)18-10-11-20(34-3)19(28)15-18/h9-12,15-16,24,31H,6-8,13-14H2,1-5H3. The van der Waals surface area contributed by atoms with Gasteiger partial charge in [-0.25, -0.2) is 0 Å². The van der Waals surface area contributed by atoms with E-state index in [-0.39, 0.29) is 16.2 Å². The second-order valence-electron chi connectivity index (χ2n) is 8.50. The topological polar surface area (TPSA) is 92.6 Å². The molecule has 36 heavy (non-hydrogen) atoms. The Kier molecular flexibility index (Phi) is 9.23. The first-order chi connectivity index (χ1) is 17.3. The van der Waals surface area contributed by atoms with E-state index in [4.69, 9.17) is 25.8 Å². The van der Waals surface area contributed by atoms with Crippen molar-refractivity contribution in [3.63, 3.8) is 0 Å². The molecule has 0 radical (unpaired) electrons. The third-order valence-electron chi connectivity index (χ3n) is 6.60. The van der Waals surface area contributed by atoms with E-state index in [1.165, 1.54) is 43.3 Å². The summed E-state index contributed by atoms with van der Waals surface area (Å²) in [6.45, 7) is 7.35. The van der Waals surface area contributed by atoms with Gasteiger partial charge in [0.25, 0.3) is 5.91 Å². The van der Waals surface area contributed by atoms with Crippen LogP contribution in [0.4, 0.5) is 0 Å². The molecule has 1 N–H and O–H groups in total. The molecule has 2 aromatic rings. The summed E-state index contributed by atoms with van der Waals surface area (Å²) in [7, 11) is 4.50. The van der Waals surface area contributed by atoms with Gasteiger partial charge in [-0.3, -0.25) is 9.59 Å². The van der Waals surface area contributed by atoms with E-state index in [0.29, 0.717) is 35.8 Å². The lowest BCUT2D eigenvalue weighted by Gasteiger charge is -2.28. The number of likely N-dealkylation sites (tertiary alicyclic amines) is 1. The zero-order valence-corrected chi connectivity index (χ0v) is 22.1. The lowest BCUT2D eigenvalue weighted by atomic mass is 9.95. The van der Waals surface area contributed by atoms with Gasteiger partial charge in [-0.1, -0.05) is 29.5 Å². The van der Waals surface area contributed by atoms with E-state index in [2.05, 4.69) is 13.8 Å². The van der Waals surface area contributed by atoms with Crippen LogP contribution >= 0.6 is 11.6 Å². The molecule has 0 aliphatic carbocycles. The van der Waals surface area contributed by atoms with Crippen LogP contribution < -0.4 is 24.2 Å². The fourth-order valence-electron chi connectivity index (χ4n) is 4.54. The molecule has 8 nitrogen and oxygen atoms in total. The van der Waals surface area contributed by atoms with Crippen LogP contribution in [0.25, 0.3) is 5.76 Å². The number of ether oxygens (including phenoxy) is 3. The average molecular weight is 517 g/mol. The van der Waals surface area contributed by atoms with Gasteiger partial charge >= 0.3 is 0 Å². The van der Waals surface area contributed by atoms with Crippen molar-refractivity contribution in [3.8, 4) is 17.2 Å². The molecule has 194 valence electrons. The fourth-order valence-corrected chi connectivity index (χ4v) is 4.79. The van der Waals surface area contributed by atoms with Gasteiger partial charge in [-0.2, -0.15) is 0 Å². The first kappa shape index (κ1) is 27.4. The summed E-state index contributed by atoms with van der Waals surface area (Å²) in [5.74, 6) is -0.690. The Bertz CT molecular complexity index is 1150. The van der Waals surface area contributed by atoms with E-state index < -0.39 is 23.5 Å². The Labute approximate surface area is 217 Å². The Balaban J connectivity index is 2.11. The van der Waals surface area contributed by atoms with Gasteiger partial charge in [-0.05, 0) is 49.2 Å². The number of amides is 1. The number of ketones is 1. The smallest absolute Gasteiger partial charge is 0.295 e. The minimum absolute atomic E-state index is 0.108. The van der Waals surface area contributed by atoms with Gasteiger partial charge in [0.1, 0.15) is 5.75 Å². The van der Waals surface area contributed by atoms with Gasteiger partial charge in [0.05, 0.1) is 52.0 Å². The highest BCUT2D eigenvalue weighted by Crippen LogP contribution is 2.42. The number of carbonyl (C=O) groups is 2. The maximum absolute atomic E-state index is 13.6. The summed E-state index contributed by atoms with van der Waals surface area (Å²) in [6, 6.07) is 8.84. The quantitative estimate of drug-likeness (QED) is 0.279. The zero-order chi connectivity index (χ0) is 26.4. The van der Waals surface area contributed by atoms with Gasteiger partial charge in [0.15, 0.2) is 11.5 Å². The number of nitrogens with zero attached hydrogens (tertiary/aromatic N) is 1. The molecule has 1 saturated heterocycles. The van der Waals surface area contributed by atoms with Crippen molar-refractivity contribution in [3.05, 3.63) is 58.1 Å². The molecule has 0 spiro atoms. The van der Waals surface area contributed by atoms with E-state index in [1.807, 2.05) is 0 Å². The van der Waals surface area contributed by atoms with Crippen LogP contribution in [0.3, 0.4) is 0 Å². The van der Waals surface area contributed by atoms with Gasteiger partial charge in [-0.15, -0.1) is 0 Å².